The smallest absolute Gasteiger partial charge is 0.475 e. The molecule has 0 radical (unpaired) electrons. The molecule has 0 aliphatic heterocycles. The van der Waals surface area contributed by atoms with Crippen LogP contribution in [0.5, 0.6) is 5.75 Å². The SMILES string of the molecule is Nc1ccc(C(Cc2ccsc2[N+](=O)[O-])S(=O)(=O)Oc2ccc(N(CCCl)CCCl)cc2)cn1.O=C(O)C(F)(F)F. The zero-order valence-corrected chi connectivity index (χ0v) is 24.0. The van der Waals surface area contributed by atoms with E-state index < -0.39 is 32.4 Å². The van der Waals surface area contributed by atoms with E-state index in [9.17, 15) is 31.7 Å². The molecule has 3 N–H and O–H groups in total. The van der Waals surface area contributed by atoms with Crippen molar-refractivity contribution in [3.8, 4) is 5.75 Å². The number of nitro groups is 1. The number of nitrogens with two attached hydrogens (primary N) is 1. The van der Waals surface area contributed by atoms with Gasteiger partial charge in [-0.25, -0.2) is 9.78 Å². The first-order valence-electron chi connectivity index (χ1n) is 11.3. The van der Waals surface area contributed by atoms with E-state index in [1.807, 2.05) is 4.90 Å². The van der Waals surface area contributed by atoms with Crippen LogP contribution in [0.3, 0.4) is 0 Å². The molecule has 2 heterocycles. The maximum atomic E-state index is 13.3. The molecule has 1 unspecified atom stereocenters. The Morgan fingerprint density at radius 1 is 1.15 bits per heavy atom. The number of carboxylic acids is 1. The second-order valence-electron chi connectivity index (χ2n) is 7.96. The number of anilines is 2. The van der Waals surface area contributed by atoms with Gasteiger partial charge < -0.3 is 19.9 Å². The summed E-state index contributed by atoms with van der Waals surface area (Å²) in [7, 11) is -4.27. The Kier molecular flexibility index (Phi) is 12.4. The Balaban J connectivity index is 0.000000745. The lowest BCUT2D eigenvalue weighted by atomic mass is 10.1. The molecule has 0 amide bonds. The number of halogens is 5. The minimum Gasteiger partial charge on any atom is -0.475 e. The van der Waals surface area contributed by atoms with Gasteiger partial charge in [-0.1, -0.05) is 17.4 Å². The van der Waals surface area contributed by atoms with E-state index in [1.54, 1.807) is 17.5 Å². The minimum absolute atomic E-state index is 0.105. The molecule has 0 bridgehead atoms. The highest BCUT2D eigenvalue weighted by atomic mass is 35.5. The molecule has 0 saturated carbocycles. The van der Waals surface area contributed by atoms with Crippen molar-refractivity contribution in [3.05, 3.63) is 75.3 Å². The summed E-state index contributed by atoms with van der Waals surface area (Å²) in [5, 5.41) is 18.7. The molecule has 0 aliphatic rings. The van der Waals surface area contributed by atoms with Crippen molar-refractivity contribution in [2.45, 2.75) is 17.8 Å². The van der Waals surface area contributed by atoms with E-state index in [2.05, 4.69) is 4.98 Å². The number of benzene rings is 1. The Morgan fingerprint density at radius 3 is 2.20 bits per heavy atom. The van der Waals surface area contributed by atoms with Crippen LogP contribution in [0.1, 0.15) is 16.4 Å². The van der Waals surface area contributed by atoms with Gasteiger partial charge in [-0.3, -0.25) is 10.1 Å². The summed E-state index contributed by atoms with van der Waals surface area (Å²) in [5.41, 5.74) is 7.06. The highest BCUT2D eigenvalue weighted by Crippen LogP contribution is 2.35. The first-order chi connectivity index (χ1) is 19.2. The van der Waals surface area contributed by atoms with Gasteiger partial charge in [0.1, 0.15) is 16.8 Å². The molecule has 0 fully saturated rings. The van der Waals surface area contributed by atoms with Crippen LogP contribution in [-0.2, 0) is 21.3 Å². The van der Waals surface area contributed by atoms with E-state index in [-0.39, 0.29) is 28.6 Å². The summed E-state index contributed by atoms with van der Waals surface area (Å²) in [4.78, 5) is 25.7. The lowest BCUT2D eigenvalue weighted by molar-refractivity contribution is -0.380. The zero-order valence-electron chi connectivity index (χ0n) is 20.8. The van der Waals surface area contributed by atoms with Crippen molar-refractivity contribution in [2.75, 3.05) is 35.5 Å². The molecule has 1 aromatic carbocycles. The van der Waals surface area contributed by atoms with Gasteiger partial charge in [-0.15, -0.1) is 23.2 Å². The normalized spacial score (nSPS) is 12.1. The number of rotatable bonds is 12. The number of carboxylic acid groups (broad SMARTS) is 1. The molecule has 3 rings (SSSR count). The largest absolute Gasteiger partial charge is 0.490 e. The summed E-state index contributed by atoms with van der Waals surface area (Å²) in [6.45, 7) is 1.16. The van der Waals surface area contributed by atoms with E-state index in [1.165, 1.54) is 36.5 Å². The Hall–Kier alpha value is -3.34. The average Bonchev–Trinajstić information content (AvgIpc) is 3.37. The van der Waals surface area contributed by atoms with Crippen molar-refractivity contribution in [2.24, 2.45) is 0 Å². The number of aromatic nitrogens is 1. The van der Waals surface area contributed by atoms with Crippen LogP contribution < -0.4 is 14.8 Å². The molecule has 224 valence electrons. The van der Waals surface area contributed by atoms with Gasteiger partial charge in [-0.05, 0) is 47.3 Å². The predicted molar refractivity (Wildman–Crippen MR) is 149 cm³/mol. The summed E-state index contributed by atoms with van der Waals surface area (Å²) in [6.07, 6.45) is -3.91. The number of aliphatic carboxylic acids is 1. The standard InChI is InChI=1S/C21H22Cl2N4O5S2.C2HF3O2/c22-8-10-26(11-9-23)17-2-4-18(5-3-17)32-34(30,31)19(16-1-6-20(24)25-14-16)13-15-7-12-33-21(15)27(28)29;3-2(4,5)1(6)7/h1-7,12,14,19H,8-11,13H2,(H2,24,25);(H,6,7). The van der Waals surface area contributed by atoms with Gasteiger partial charge in [-0.2, -0.15) is 21.6 Å². The Morgan fingerprint density at radius 2 is 1.73 bits per heavy atom. The van der Waals surface area contributed by atoms with Gasteiger partial charge >= 0.3 is 27.3 Å². The molecule has 0 aliphatic carbocycles. The Bertz CT molecular complexity index is 1400. The summed E-state index contributed by atoms with van der Waals surface area (Å²) in [5.74, 6) is -1.61. The zero-order chi connectivity index (χ0) is 30.8. The van der Waals surface area contributed by atoms with Crippen LogP contribution in [0.2, 0.25) is 0 Å². The number of alkyl halides is 5. The van der Waals surface area contributed by atoms with E-state index in [0.717, 1.165) is 17.0 Å². The molecule has 18 heteroatoms. The summed E-state index contributed by atoms with van der Waals surface area (Å²) in [6, 6.07) is 11.0. The van der Waals surface area contributed by atoms with Gasteiger partial charge in [0, 0.05) is 48.7 Å². The topological polar surface area (TPSA) is 166 Å². The van der Waals surface area contributed by atoms with Crippen LogP contribution in [0, 0.1) is 10.1 Å². The molecule has 11 nitrogen and oxygen atoms in total. The maximum Gasteiger partial charge on any atom is 0.490 e. The molecule has 1 atom stereocenters. The predicted octanol–water partition coefficient (Wildman–Crippen LogP) is 5.24. The molecular weight excluding hydrogens is 636 g/mol. The van der Waals surface area contributed by atoms with E-state index in [0.29, 0.717) is 30.4 Å². The minimum atomic E-state index is -5.08. The van der Waals surface area contributed by atoms with Crippen molar-refractivity contribution in [1.29, 1.82) is 0 Å². The number of hydrogen-bond donors (Lipinski definition) is 2. The highest BCUT2D eigenvalue weighted by Gasteiger charge is 2.38. The third-order valence-corrected chi connectivity index (χ3v) is 8.00. The third-order valence-electron chi connectivity index (χ3n) is 5.19. The van der Waals surface area contributed by atoms with Crippen LogP contribution in [0.15, 0.2) is 54.0 Å². The molecule has 0 spiro atoms. The summed E-state index contributed by atoms with van der Waals surface area (Å²) >= 11 is 12.6. The number of pyridine rings is 1. The first-order valence-corrected chi connectivity index (χ1v) is 14.7. The molecule has 2 aromatic heterocycles. The second-order valence-corrected chi connectivity index (χ2v) is 11.3. The van der Waals surface area contributed by atoms with Crippen LogP contribution in [0.4, 0.5) is 29.7 Å². The number of nitrogens with zero attached hydrogens (tertiary/aromatic N) is 3. The van der Waals surface area contributed by atoms with Crippen molar-refractivity contribution < 1.29 is 40.6 Å². The van der Waals surface area contributed by atoms with E-state index >= 15 is 0 Å². The lowest BCUT2D eigenvalue weighted by Gasteiger charge is -2.23. The summed E-state index contributed by atoms with van der Waals surface area (Å²) < 4.78 is 63.8. The third kappa shape index (κ3) is 10.2. The molecule has 41 heavy (non-hydrogen) atoms. The molecule has 0 saturated heterocycles. The average molecular weight is 659 g/mol. The van der Waals surface area contributed by atoms with Gasteiger partial charge in [0.05, 0.1) is 4.92 Å². The van der Waals surface area contributed by atoms with Crippen LogP contribution >= 0.6 is 34.5 Å². The lowest BCUT2D eigenvalue weighted by Crippen LogP contribution is -2.27. The molecule has 3 aromatic rings. The van der Waals surface area contributed by atoms with Crippen molar-refractivity contribution >= 4 is 67.1 Å². The van der Waals surface area contributed by atoms with Gasteiger partial charge in [0.15, 0.2) is 0 Å². The van der Waals surface area contributed by atoms with E-state index in [4.69, 9.17) is 43.0 Å². The number of carbonyl (C=O) groups is 1. The van der Waals surface area contributed by atoms with Crippen LogP contribution in [-0.4, -0.2) is 60.4 Å². The van der Waals surface area contributed by atoms with Gasteiger partial charge in [0.2, 0.25) is 0 Å². The number of thiophene rings is 1. The second kappa shape index (κ2) is 15.0. The van der Waals surface area contributed by atoms with Crippen molar-refractivity contribution in [1.82, 2.24) is 4.98 Å². The number of hydrogen-bond acceptors (Lipinski definition) is 10. The molecular formula is C23H23Cl2F3N4O7S2. The fourth-order valence-corrected chi connectivity index (χ4v) is 5.83. The quantitative estimate of drug-likeness (QED) is 0.114. The fourth-order valence-electron chi connectivity index (χ4n) is 3.32. The highest BCUT2D eigenvalue weighted by molar-refractivity contribution is 7.87. The number of nitrogen functional groups attached to an aromatic ring is 1. The monoisotopic (exact) mass is 658 g/mol. The van der Waals surface area contributed by atoms with Crippen LogP contribution in [0.25, 0.3) is 0 Å². The van der Waals surface area contributed by atoms with Gasteiger partial charge in [0.25, 0.3) is 0 Å². The Labute approximate surface area is 246 Å². The maximum absolute atomic E-state index is 13.3. The fraction of sp³-hybridized carbons (Fsp3) is 0.304. The van der Waals surface area contributed by atoms with Crippen molar-refractivity contribution in [3.63, 3.8) is 0 Å². The first kappa shape index (κ1) is 33.9.